The molecule has 0 fully saturated rings. The Balaban J connectivity index is 1.80. The third-order valence-corrected chi connectivity index (χ3v) is 5.97. The lowest BCUT2D eigenvalue weighted by atomic mass is 9.95. The van der Waals surface area contributed by atoms with Gasteiger partial charge in [-0.25, -0.2) is 0 Å². The number of imide groups is 2. The molecule has 0 atom stereocenters. The van der Waals surface area contributed by atoms with E-state index in [-0.39, 0.29) is 46.8 Å². The van der Waals surface area contributed by atoms with Crippen LogP contribution < -0.4 is 9.47 Å². The van der Waals surface area contributed by atoms with E-state index in [1.807, 2.05) is 0 Å². The smallest absolute Gasteiger partial charge is 0.305 e. The summed E-state index contributed by atoms with van der Waals surface area (Å²) in [6, 6.07) is 5.49. The van der Waals surface area contributed by atoms with Gasteiger partial charge in [0.05, 0.1) is 49.3 Å². The third kappa shape index (κ3) is 3.91. The first kappa shape index (κ1) is 24.4. The monoisotopic (exact) mass is 496 g/mol. The number of benzene rings is 2. The SMILES string of the molecule is COc1cc2c(cc1-c1cc3c(cc1OC)C(=O)N(CCC(=O)O)C3=O)C(=O)N(CCC(=O)O)C2=O. The number of carbonyl (C=O) groups excluding carboxylic acids is 4. The highest BCUT2D eigenvalue weighted by Crippen LogP contribution is 2.42. The van der Waals surface area contributed by atoms with Crippen molar-refractivity contribution in [1.82, 2.24) is 9.80 Å². The van der Waals surface area contributed by atoms with Crippen LogP contribution in [0, 0.1) is 0 Å². The fraction of sp³-hybridized carbons (Fsp3) is 0.250. The van der Waals surface area contributed by atoms with Gasteiger partial charge in [-0.3, -0.25) is 38.6 Å². The van der Waals surface area contributed by atoms with Crippen molar-refractivity contribution >= 4 is 35.6 Å². The fourth-order valence-corrected chi connectivity index (χ4v) is 4.21. The Morgan fingerprint density at radius 1 is 0.611 bits per heavy atom. The molecule has 0 bridgehead atoms. The summed E-state index contributed by atoms with van der Waals surface area (Å²) in [5.74, 6) is -4.64. The van der Waals surface area contributed by atoms with Gasteiger partial charge < -0.3 is 19.7 Å². The number of carbonyl (C=O) groups is 6. The highest BCUT2D eigenvalue weighted by atomic mass is 16.5. The number of hydrogen-bond acceptors (Lipinski definition) is 8. The van der Waals surface area contributed by atoms with Gasteiger partial charge in [0, 0.05) is 24.2 Å². The predicted octanol–water partition coefficient (Wildman–Crippen LogP) is 1.51. The summed E-state index contributed by atoms with van der Waals surface area (Å²) < 4.78 is 10.9. The highest BCUT2D eigenvalue weighted by molar-refractivity contribution is 6.23. The molecule has 0 spiro atoms. The Morgan fingerprint density at radius 3 is 1.19 bits per heavy atom. The molecule has 4 rings (SSSR count). The first-order valence-electron chi connectivity index (χ1n) is 10.7. The van der Waals surface area contributed by atoms with Crippen molar-refractivity contribution in [1.29, 1.82) is 0 Å². The van der Waals surface area contributed by atoms with Gasteiger partial charge in [0.2, 0.25) is 0 Å². The van der Waals surface area contributed by atoms with E-state index in [1.54, 1.807) is 0 Å². The van der Waals surface area contributed by atoms with Crippen LogP contribution in [0.5, 0.6) is 11.5 Å². The number of rotatable bonds is 9. The zero-order chi connectivity index (χ0) is 26.3. The van der Waals surface area contributed by atoms with Gasteiger partial charge >= 0.3 is 11.9 Å². The number of methoxy groups -OCH3 is 2. The number of ether oxygens (including phenoxy) is 2. The highest BCUT2D eigenvalue weighted by Gasteiger charge is 2.39. The molecule has 2 aliphatic heterocycles. The second kappa shape index (κ2) is 9.13. The number of carboxylic acid groups (broad SMARTS) is 2. The molecule has 36 heavy (non-hydrogen) atoms. The van der Waals surface area contributed by atoms with Crippen LogP contribution in [-0.2, 0) is 9.59 Å². The first-order chi connectivity index (χ1) is 17.1. The van der Waals surface area contributed by atoms with Crippen molar-refractivity contribution in [3.8, 4) is 22.6 Å². The van der Waals surface area contributed by atoms with Crippen molar-refractivity contribution in [2.45, 2.75) is 12.8 Å². The summed E-state index contributed by atoms with van der Waals surface area (Å²) in [5.41, 5.74) is 0.709. The van der Waals surface area contributed by atoms with Crippen molar-refractivity contribution < 1.29 is 48.5 Å². The maximum atomic E-state index is 12.9. The molecule has 186 valence electrons. The average Bonchev–Trinajstić information content (AvgIpc) is 3.22. The van der Waals surface area contributed by atoms with E-state index in [0.717, 1.165) is 9.80 Å². The first-order valence-corrected chi connectivity index (χ1v) is 10.7. The summed E-state index contributed by atoms with van der Waals surface area (Å²) in [7, 11) is 2.69. The van der Waals surface area contributed by atoms with Crippen LogP contribution in [0.3, 0.4) is 0 Å². The van der Waals surface area contributed by atoms with Gasteiger partial charge in [-0.2, -0.15) is 0 Å². The second-order valence-electron chi connectivity index (χ2n) is 8.01. The van der Waals surface area contributed by atoms with Crippen molar-refractivity contribution in [3.63, 3.8) is 0 Å². The van der Waals surface area contributed by atoms with Crippen LogP contribution in [-0.4, -0.2) is 82.9 Å². The Bertz CT molecular complexity index is 1260. The van der Waals surface area contributed by atoms with Crippen molar-refractivity contribution in [2.75, 3.05) is 27.3 Å². The summed E-state index contributed by atoms with van der Waals surface area (Å²) in [6.07, 6.45) is -0.828. The number of fused-ring (bicyclic) bond motifs is 2. The minimum atomic E-state index is -1.16. The molecule has 2 aromatic carbocycles. The number of nitrogens with zero attached hydrogens (tertiary/aromatic N) is 2. The van der Waals surface area contributed by atoms with E-state index < -0.39 is 48.4 Å². The van der Waals surface area contributed by atoms with Gasteiger partial charge in [-0.05, 0) is 24.3 Å². The Hall–Kier alpha value is -4.74. The minimum absolute atomic E-state index is 0.0224. The van der Waals surface area contributed by atoms with E-state index in [4.69, 9.17) is 19.7 Å². The standard InChI is InChI=1S/C24H20N2O10/c1-35-17-9-15-13(21(31)25(23(15)33)5-3-19(27)28)7-11(17)12-8-14-16(10-18(12)36-2)24(34)26(22(14)32)6-4-20(29)30/h7-10H,3-6H2,1-2H3,(H,27,28)(H,29,30). The Labute approximate surface area is 203 Å². The van der Waals surface area contributed by atoms with Crippen molar-refractivity contribution in [3.05, 3.63) is 46.5 Å². The Morgan fingerprint density at radius 2 is 0.917 bits per heavy atom. The topological polar surface area (TPSA) is 168 Å². The van der Waals surface area contributed by atoms with Crippen LogP contribution >= 0.6 is 0 Å². The van der Waals surface area contributed by atoms with E-state index in [0.29, 0.717) is 11.1 Å². The van der Waals surface area contributed by atoms with E-state index in [2.05, 4.69) is 0 Å². The van der Waals surface area contributed by atoms with Crippen LogP contribution in [0.15, 0.2) is 24.3 Å². The molecule has 12 heteroatoms. The third-order valence-electron chi connectivity index (χ3n) is 5.97. The van der Waals surface area contributed by atoms with Crippen molar-refractivity contribution in [2.24, 2.45) is 0 Å². The number of hydrogen-bond donors (Lipinski definition) is 2. The minimum Gasteiger partial charge on any atom is -0.496 e. The van der Waals surface area contributed by atoms with E-state index >= 15 is 0 Å². The average molecular weight is 496 g/mol. The van der Waals surface area contributed by atoms with E-state index in [1.165, 1.54) is 38.5 Å². The lowest BCUT2D eigenvalue weighted by molar-refractivity contribution is -0.138. The summed E-state index contributed by atoms with van der Waals surface area (Å²) >= 11 is 0. The normalized spacial score (nSPS) is 14.3. The zero-order valence-electron chi connectivity index (χ0n) is 19.2. The zero-order valence-corrected chi connectivity index (χ0v) is 19.2. The molecule has 0 aliphatic carbocycles. The van der Waals surface area contributed by atoms with Crippen LogP contribution in [0.1, 0.15) is 54.3 Å². The molecular formula is C24H20N2O10. The number of amides is 4. The van der Waals surface area contributed by atoms with Gasteiger partial charge in [0.15, 0.2) is 0 Å². The maximum Gasteiger partial charge on any atom is 0.305 e. The molecule has 0 saturated heterocycles. The molecule has 0 unspecified atom stereocenters. The van der Waals surface area contributed by atoms with Gasteiger partial charge in [0.1, 0.15) is 11.5 Å². The molecule has 2 aromatic rings. The molecule has 0 saturated carbocycles. The van der Waals surface area contributed by atoms with Crippen LogP contribution in [0.25, 0.3) is 11.1 Å². The predicted molar refractivity (Wildman–Crippen MR) is 120 cm³/mol. The molecule has 2 heterocycles. The lowest BCUT2D eigenvalue weighted by Crippen LogP contribution is -2.31. The van der Waals surface area contributed by atoms with Gasteiger partial charge in [-0.1, -0.05) is 0 Å². The second-order valence-corrected chi connectivity index (χ2v) is 8.01. The molecule has 2 N–H and O–H groups in total. The maximum absolute atomic E-state index is 12.9. The largest absolute Gasteiger partial charge is 0.496 e. The Kier molecular flexibility index (Phi) is 6.19. The molecule has 0 radical (unpaired) electrons. The van der Waals surface area contributed by atoms with Crippen LogP contribution in [0.2, 0.25) is 0 Å². The molecular weight excluding hydrogens is 476 g/mol. The van der Waals surface area contributed by atoms with Gasteiger partial charge in [0.25, 0.3) is 23.6 Å². The molecule has 0 aromatic heterocycles. The van der Waals surface area contributed by atoms with Gasteiger partial charge in [-0.15, -0.1) is 0 Å². The number of aliphatic carboxylic acids is 2. The summed E-state index contributed by atoms with van der Waals surface area (Å²) in [5, 5.41) is 17.9. The molecule has 2 aliphatic rings. The number of carboxylic acids is 2. The van der Waals surface area contributed by atoms with Crippen LogP contribution in [0.4, 0.5) is 0 Å². The quantitative estimate of drug-likeness (QED) is 0.486. The molecule has 12 nitrogen and oxygen atoms in total. The summed E-state index contributed by atoms with van der Waals surface area (Å²) in [6.45, 7) is -0.603. The lowest BCUT2D eigenvalue weighted by Gasteiger charge is -2.14. The van der Waals surface area contributed by atoms with E-state index in [9.17, 15) is 28.8 Å². The molecule has 4 amide bonds. The fourth-order valence-electron chi connectivity index (χ4n) is 4.21. The summed E-state index contributed by atoms with van der Waals surface area (Å²) in [4.78, 5) is 74.8.